The van der Waals surface area contributed by atoms with Gasteiger partial charge in [-0.15, -0.1) is 0 Å². The van der Waals surface area contributed by atoms with E-state index in [2.05, 4.69) is 10.1 Å². The molecule has 4 aliphatic rings. The van der Waals surface area contributed by atoms with Gasteiger partial charge in [-0.05, 0) is 56.3 Å². The molecule has 3 nitrogen and oxygen atoms in total. The zero-order valence-electron chi connectivity index (χ0n) is 11.8. The Kier molecular flexibility index (Phi) is 3.28. The van der Waals surface area contributed by atoms with Gasteiger partial charge in [0.2, 0.25) is 0 Å². The summed E-state index contributed by atoms with van der Waals surface area (Å²) in [6.45, 7) is 0. The number of carbonyl (C=O) groups is 1. The highest BCUT2D eigenvalue weighted by atomic mass is 19.4. The van der Waals surface area contributed by atoms with Crippen molar-refractivity contribution in [3.63, 3.8) is 0 Å². The first-order valence-corrected chi connectivity index (χ1v) is 7.31. The van der Waals surface area contributed by atoms with Crippen molar-refractivity contribution >= 4 is 5.91 Å². The lowest BCUT2D eigenvalue weighted by Gasteiger charge is -2.57. The van der Waals surface area contributed by atoms with Gasteiger partial charge in [-0.25, -0.2) is 0 Å². The predicted molar refractivity (Wildman–Crippen MR) is 65.9 cm³/mol. The maximum absolute atomic E-state index is 13.9. The molecule has 0 aromatic carbocycles. The van der Waals surface area contributed by atoms with Gasteiger partial charge in [-0.1, -0.05) is 0 Å². The molecule has 4 fully saturated rings. The van der Waals surface area contributed by atoms with Crippen LogP contribution in [0.4, 0.5) is 17.6 Å². The van der Waals surface area contributed by atoms with Crippen LogP contribution >= 0.6 is 0 Å². The van der Waals surface area contributed by atoms with Crippen LogP contribution in [0.5, 0.6) is 0 Å². The number of carbonyl (C=O) groups excluding carboxylic acids is 1. The zero-order chi connectivity index (χ0) is 15.5. The Morgan fingerprint density at radius 3 is 1.81 bits per heavy atom. The molecule has 1 amide bonds. The third kappa shape index (κ3) is 2.33. The van der Waals surface area contributed by atoms with Gasteiger partial charge in [0.25, 0.3) is 5.91 Å². The van der Waals surface area contributed by atoms with E-state index in [1.54, 1.807) is 0 Å². The zero-order valence-corrected chi connectivity index (χ0v) is 11.8. The topological polar surface area (TPSA) is 38.3 Å². The minimum Gasteiger partial charge on any atom is -0.345 e. The van der Waals surface area contributed by atoms with Gasteiger partial charge < -0.3 is 10.1 Å². The fourth-order valence-corrected chi connectivity index (χ4v) is 4.92. The van der Waals surface area contributed by atoms with Crippen molar-refractivity contribution in [3.05, 3.63) is 0 Å². The molecule has 0 aliphatic heterocycles. The smallest absolute Gasteiger partial charge is 0.345 e. The summed E-state index contributed by atoms with van der Waals surface area (Å²) in [7, 11) is 0.562. The highest BCUT2D eigenvalue weighted by molar-refractivity contribution is 5.85. The van der Waals surface area contributed by atoms with Gasteiger partial charge in [-0.2, -0.15) is 17.6 Å². The van der Waals surface area contributed by atoms with Crippen LogP contribution in [0.25, 0.3) is 0 Å². The van der Waals surface area contributed by atoms with Crippen molar-refractivity contribution in [2.75, 3.05) is 7.11 Å². The maximum atomic E-state index is 13.9. The summed E-state index contributed by atoms with van der Waals surface area (Å²) in [5.41, 5.74) is -0.674. The lowest BCUT2D eigenvalue weighted by atomic mass is 9.53. The molecule has 4 rings (SSSR count). The average molecular weight is 309 g/mol. The second-order valence-electron chi connectivity index (χ2n) is 6.95. The molecule has 0 saturated heterocycles. The van der Waals surface area contributed by atoms with Crippen LogP contribution in [0, 0.1) is 17.8 Å². The Morgan fingerprint density at radius 2 is 1.48 bits per heavy atom. The molecule has 0 aromatic rings. The van der Waals surface area contributed by atoms with E-state index in [-0.39, 0.29) is 0 Å². The largest absolute Gasteiger partial charge is 0.458 e. The number of alkyl halides is 4. The van der Waals surface area contributed by atoms with E-state index < -0.39 is 23.5 Å². The van der Waals surface area contributed by atoms with Crippen molar-refractivity contribution in [1.82, 2.24) is 5.32 Å². The molecule has 4 saturated carbocycles. The molecule has 120 valence electrons. The Labute approximate surface area is 120 Å². The molecule has 0 heterocycles. The maximum Gasteiger partial charge on any atom is 0.458 e. The second kappa shape index (κ2) is 4.57. The Bertz CT molecular complexity index is 415. The van der Waals surface area contributed by atoms with Crippen molar-refractivity contribution < 1.29 is 27.1 Å². The first kappa shape index (κ1) is 15.1. The first-order valence-electron chi connectivity index (χ1n) is 7.31. The number of hydrogen-bond acceptors (Lipinski definition) is 2. The third-order valence-electron chi connectivity index (χ3n) is 5.35. The van der Waals surface area contributed by atoms with Gasteiger partial charge >= 0.3 is 12.0 Å². The fourth-order valence-electron chi connectivity index (χ4n) is 4.92. The quantitative estimate of drug-likeness (QED) is 0.814. The fraction of sp³-hybridized carbons (Fsp3) is 0.929. The molecule has 21 heavy (non-hydrogen) atoms. The van der Waals surface area contributed by atoms with Crippen LogP contribution in [-0.4, -0.2) is 30.6 Å². The minimum absolute atomic E-state index is 0.444. The average Bonchev–Trinajstić information content (AvgIpc) is 2.33. The predicted octanol–water partition coefficient (Wildman–Crippen LogP) is 2.95. The lowest BCUT2D eigenvalue weighted by molar-refractivity contribution is -0.308. The van der Waals surface area contributed by atoms with E-state index >= 15 is 0 Å². The standard InChI is InChI=1S/C14H19F4NO2/c1-21-13(15,14(16,17)18)11(20)19-12-5-8-2-9(6-12)4-10(3-8)7-12/h8-10H,2-7H2,1H3,(H,19,20)/t8?,9?,10?,12?,13-/m1/s1. The molecule has 4 aliphatic carbocycles. The van der Waals surface area contributed by atoms with E-state index in [0.717, 1.165) is 19.3 Å². The molecular weight excluding hydrogens is 290 g/mol. The van der Waals surface area contributed by atoms with Gasteiger partial charge in [0.15, 0.2) is 0 Å². The molecular formula is C14H19F4NO2. The Hall–Kier alpha value is -0.850. The van der Waals surface area contributed by atoms with Crippen LogP contribution in [0.2, 0.25) is 0 Å². The van der Waals surface area contributed by atoms with Crippen molar-refractivity contribution in [1.29, 1.82) is 0 Å². The molecule has 7 heteroatoms. The van der Waals surface area contributed by atoms with Crippen LogP contribution in [0.15, 0.2) is 0 Å². The Balaban J connectivity index is 1.78. The molecule has 0 spiro atoms. The monoisotopic (exact) mass is 309 g/mol. The van der Waals surface area contributed by atoms with Crippen molar-refractivity contribution in [2.24, 2.45) is 17.8 Å². The summed E-state index contributed by atoms with van der Waals surface area (Å²) in [6, 6.07) is 0. The summed E-state index contributed by atoms with van der Waals surface area (Å²) >= 11 is 0. The first-order chi connectivity index (χ1) is 9.67. The van der Waals surface area contributed by atoms with E-state index in [4.69, 9.17) is 0 Å². The van der Waals surface area contributed by atoms with Gasteiger partial charge in [-0.3, -0.25) is 4.79 Å². The molecule has 1 N–H and O–H groups in total. The molecule has 0 aromatic heterocycles. The molecule has 1 atom stereocenters. The highest BCUT2D eigenvalue weighted by Gasteiger charge is 2.65. The summed E-state index contributed by atoms with van der Waals surface area (Å²) < 4.78 is 56.1. The summed E-state index contributed by atoms with van der Waals surface area (Å²) in [4.78, 5) is 11.9. The van der Waals surface area contributed by atoms with Crippen LogP contribution in [-0.2, 0) is 9.53 Å². The third-order valence-corrected chi connectivity index (χ3v) is 5.35. The van der Waals surface area contributed by atoms with Gasteiger partial charge in [0.05, 0.1) is 0 Å². The van der Waals surface area contributed by atoms with Gasteiger partial charge in [0, 0.05) is 12.6 Å². The minimum atomic E-state index is -5.38. The van der Waals surface area contributed by atoms with E-state index in [1.807, 2.05) is 0 Å². The van der Waals surface area contributed by atoms with Crippen molar-refractivity contribution in [3.8, 4) is 0 Å². The molecule has 4 bridgehead atoms. The summed E-state index contributed by atoms with van der Waals surface area (Å²) in [5, 5.41) is 2.36. The normalized spacial score (nSPS) is 40.9. The number of hydrogen-bond donors (Lipinski definition) is 1. The van der Waals surface area contributed by atoms with Gasteiger partial charge in [0.1, 0.15) is 0 Å². The molecule has 0 unspecified atom stereocenters. The second-order valence-corrected chi connectivity index (χ2v) is 6.95. The number of nitrogens with one attached hydrogen (secondary N) is 1. The van der Waals surface area contributed by atoms with Crippen molar-refractivity contribution in [2.45, 2.75) is 56.1 Å². The summed E-state index contributed by atoms with van der Waals surface area (Å²) in [6.07, 6.45) is -0.167. The number of halogens is 4. The number of amides is 1. The number of methoxy groups -OCH3 is 1. The van der Waals surface area contributed by atoms with Crippen LogP contribution < -0.4 is 5.32 Å². The van der Waals surface area contributed by atoms with E-state index in [0.29, 0.717) is 44.1 Å². The van der Waals surface area contributed by atoms with Crippen LogP contribution in [0.1, 0.15) is 38.5 Å². The Morgan fingerprint density at radius 1 is 1.05 bits per heavy atom. The SMILES string of the molecule is CO[C@](F)(C(=O)NC12CC3CC(CC(C3)C1)C2)C(F)(F)F. The summed E-state index contributed by atoms with van der Waals surface area (Å²) in [5.74, 6) is -4.65. The highest BCUT2D eigenvalue weighted by Crippen LogP contribution is 2.55. The lowest BCUT2D eigenvalue weighted by Crippen LogP contribution is -2.65. The van der Waals surface area contributed by atoms with E-state index in [9.17, 15) is 22.4 Å². The molecule has 0 radical (unpaired) electrons. The number of ether oxygens (including phenoxy) is 1. The van der Waals surface area contributed by atoms with E-state index in [1.165, 1.54) is 0 Å². The number of rotatable bonds is 3. The van der Waals surface area contributed by atoms with Crippen LogP contribution in [0.3, 0.4) is 0 Å².